The van der Waals surface area contributed by atoms with E-state index in [1.807, 2.05) is 35.7 Å². The SMILES string of the molecule is O=C(Nc1cn[nH]c1-c1ccccn1)c1ccc(-c2cscn2)cc1. The molecule has 0 unspecified atom stereocenters. The van der Waals surface area contributed by atoms with Gasteiger partial charge >= 0.3 is 0 Å². The number of aromatic amines is 1. The summed E-state index contributed by atoms with van der Waals surface area (Å²) in [6.07, 6.45) is 3.27. The number of amides is 1. The number of anilines is 1. The Morgan fingerprint density at radius 2 is 1.92 bits per heavy atom. The minimum atomic E-state index is -0.205. The van der Waals surface area contributed by atoms with Gasteiger partial charge in [0, 0.05) is 22.7 Å². The van der Waals surface area contributed by atoms with E-state index in [2.05, 4.69) is 25.5 Å². The summed E-state index contributed by atoms with van der Waals surface area (Å²) in [7, 11) is 0. The zero-order valence-corrected chi connectivity index (χ0v) is 13.8. The lowest BCUT2D eigenvalue weighted by Gasteiger charge is -2.06. The lowest BCUT2D eigenvalue weighted by molar-refractivity contribution is 0.102. The van der Waals surface area contributed by atoms with Gasteiger partial charge in [-0.15, -0.1) is 11.3 Å². The van der Waals surface area contributed by atoms with Crippen LogP contribution in [0.15, 0.2) is 65.7 Å². The minimum absolute atomic E-state index is 0.205. The molecule has 0 aliphatic rings. The standard InChI is InChI=1S/C18H13N5OS/c24-18(13-6-4-12(5-7-13)16-10-25-11-20-16)22-15-9-21-23-17(15)14-3-1-2-8-19-14/h1-11H,(H,21,23)(H,22,24). The summed E-state index contributed by atoms with van der Waals surface area (Å²) < 4.78 is 0. The minimum Gasteiger partial charge on any atom is -0.319 e. The molecule has 0 saturated heterocycles. The predicted molar refractivity (Wildman–Crippen MR) is 97.3 cm³/mol. The fourth-order valence-electron chi connectivity index (χ4n) is 2.43. The maximum atomic E-state index is 12.5. The molecular weight excluding hydrogens is 334 g/mol. The molecule has 2 N–H and O–H groups in total. The molecule has 0 saturated carbocycles. The zero-order chi connectivity index (χ0) is 17.1. The monoisotopic (exact) mass is 347 g/mol. The van der Waals surface area contributed by atoms with Gasteiger partial charge in [-0.25, -0.2) is 4.98 Å². The van der Waals surface area contributed by atoms with Crippen LogP contribution in [0.1, 0.15) is 10.4 Å². The Kier molecular flexibility index (Phi) is 4.05. The van der Waals surface area contributed by atoms with Crippen molar-refractivity contribution in [3.05, 3.63) is 71.3 Å². The molecule has 7 heteroatoms. The Bertz CT molecular complexity index is 978. The fraction of sp³-hybridized carbons (Fsp3) is 0. The predicted octanol–water partition coefficient (Wildman–Crippen LogP) is 3.85. The third kappa shape index (κ3) is 3.17. The summed E-state index contributed by atoms with van der Waals surface area (Å²) >= 11 is 1.54. The van der Waals surface area contributed by atoms with Gasteiger partial charge in [0.05, 0.1) is 28.8 Å². The van der Waals surface area contributed by atoms with E-state index in [1.165, 1.54) is 0 Å². The van der Waals surface area contributed by atoms with Gasteiger partial charge in [0.15, 0.2) is 0 Å². The first kappa shape index (κ1) is 15.2. The topological polar surface area (TPSA) is 83.6 Å². The quantitative estimate of drug-likeness (QED) is 0.587. The molecule has 122 valence electrons. The van der Waals surface area contributed by atoms with Gasteiger partial charge in [-0.2, -0.15) is 5.10 Å². The Labute approximate surface area is 147 Å². The number of H-pyrrole nitrogens is 1. The van der Waals surface area contributed by atoms with Gasteiger partial charge in [0.1, 0.15) is 5.69 Å². The number of hydrogen-bond acceptors (Lipinski definition) is 5. The summed E-state index contributed by atoms with van der Waals surface area (Å²) in [6, 6.07) is 12.9. The second-order valence-electron chi connectivity index (χ2n) is 5.28. The average Bonchev–Trinajstić information content (AvgIpc) is 3.35. The van der Waals surface area contributed by atoms with Crippen LogP contribution in [0.5, 0.6) is 0 Å². The van der Waals surface area contributed by atoms with E-state index in [1.54, 1.807) is 41.4 Å². The molecule has 6 nitrogen and oxygen atoms in total. The van der Waals surface area contributed by atoms with Crippen LogP contribution in [-0.2, 0) is 0 Å². The highest BCUT2D eigenvalue weighted by Crippen LogP contribution is 2.24. The molecule has 25 heavy (non-hydrogen) atoms. The third-order valence-corrected chi connectivity index (χ3v) is 4.27. The number of carbonyl (C=O) groups is 1. The van der Waals surface area contributed by atoms with E-state index in [0.29, 0.717) is 22.6 Å². The van der Waals surface area contributed by atoms with E-state index < -0.39 is 0 Å². The molecule has 0 radical (unpaired) electrons. The highest BCUT2D eigenvalue weighted by Gasteiger charge is 2.13. The van der Waals surface area contributed by atoms with Crippen molar-refractivity contribution < 1.29 is 4.79 Å². The number of pyridine rings is 1. The summed E-state index contributed by atoms with van der Waals surface area (Å²) in [5.41, 5.74) is 6.22. The molecule has 4 aromatic rings. The molecule has 0 aliphatic heterocycles. The number of rotatable bonds is 4. The average molecular weight is 347 g/mol. The number of aromatic nitrogens is 4. The molecule has 4 rings (SSSR count). The Morgan fingerprint density at radius 1 is 1.04 bits per heavy atom. The second kappa shape index (κ2) is 6.66. The highest BCUT2D eigenvalue weighted by molar-refractivity contribution is 7.07. The Hall–Kier alpha value is -3.32. The van der Waals surface area contributed by atoms with Crippen molar-refractivity contribution in [1.29, 1.82) is 0 Å². The first-order chi connectivity index (χ1) is 12.3. The number of nitrogens with zero attached hydrogens (tertiary/aromatic N) is 3. The van der Waals surface area contributed by atoms with Crippen molar-refractivity contribution in [3.63, 3.8) is 0 Å². The van der Waals surface area contributed by atoms with Crippen molar-refractivity contribution in [2.24, 2.45) is 0 Å². The van der Waals surface area contributed by atoms with Crippen LogP contribution in [0.2, 0.25) is 0 Å². The molecule has 0 aliphatic carbocycles. The van der Waals surface area contributed by atoms with Gasteiger partial charge in [0.25, 0.3) is 5.91 Å². The van der Waals surface area contributed by atoms with Crippen LogP contribution < -0.4 is 5.32 Å². The lowest BCUT2D eigenvalue weighted by atomic mass is 10.1. The normalized spacial score (nSPS) is 10.6. The highest BCUT2D eigenvalue weighted by atomic mass is 32.1. The molecule has 3 heterocycles. The number of hydrogen-bond donors (Lipinski definition) is 2. The third-order valence-electron chi connectivity index (χ3n) is 3.68. The van der Waals surface area contributed by atoms with Crippen LogP contribution in [-0.4, -0.2) is 26.1 Å². The van der Waals surface area contributed by atoms with Gasteiger partial charge in [0.2, 0.25) is 0 Å². The molecule has 3 aromatic heterocycles. The molecular formula is C18H13N5OS. The smallest absolute Gasteiger partial charge is 0.255 e. The van der Waals surface area contributed by atoms with E-state index in [-0.39, 0.29) is 5.91 Å². The van der Waals surface area contributed by atoms with Gasteiger partial charge < -0.3 is 5.32 Å². The maximum absolute atomic E-state index is 12.5. The molecule has 0 spiro atoms. The summed E-state index contributed by atoms with van der Waals surface area (Å²) in [5.74, 6) is -0.205. The molecule has 0 fully saturated rings. The maximum Gasteiger partial charge on any atom is 0.255 e. The number of nitrogens with one attached hydrogen (secondary N) is 2. The van der Waals surface area contributed by atoms with Crippen molar-refractivity contribution >= 4 is 22.9 Å². The lowest BCUT2D eigenvalue weighted by Crippen LogP contribution is -2.12. The number of benzene rings is 1. The van der Waals surface area contributed by atoms with Crippen molar-refractivity contribution in [2.75, 3.05) is 5.32 Å². The first-order valence-corrected chi connectivity index (χ1v) is 8.50. The van der Waals surface area contributed by atoms with Crippen LogP contribution >= 0.6 is 11.3 Å². The summed E-state index contributed by atoms with van der Waals surface area (Å²) in [5, 5.41) is 11.7. The van der Waals surface area contributed by atoms with Gasteiger partial charge in [-0.1, -0.05) is 18.2 Å². The van der Waals surface area contributed by atoms with Gasteiger partial charge in [-0.05, 0) is 24.3 Å². The van der Waals surface area contributed by atoms with Crippen LogP contribution in [0, 0.1) is 0 Å². The van der Waals surface area contributed by atoms with Crippen molar-refractivity contribution in [3.8, 4) is 22.6 Å². The Morgan fingerprint density at radius 3 is 2.64 bits per heavy atom. The van der Waals surface area contributed by atoms with E-state index >= 15 is 0 Å². The van der Waals surface area contributed by atoms with E-state index in [0.717, 1.165) is 11.3 Å². The molecule has 1 aromatic carbocycles. The number of carbonyl (C=O) groups excluding carboxylic acids is 1. The van der Waals surface area contributed by atoms with Crippen LogP contribution in [0.25, 0.3) is 22.6 Å². The fourth-order valence-corrected chi connectivity index (χ4v) is 2.99. The molecule has 0 atom stereocenters. The molecule has 1 amide bonds. The molecule has 0 bridgehead atoms. The number of thiazole rings is 1. The van der Waals surface area contributed by atoms with Gasteiger partial charge in [-0.3, -0.25) is 14.9 Å². The first-order valence-electron chi connectivity index (χ1n) is 7.56. The van der Waals surface area contributed by atoms with Crippen LogP contribution in [0.4, 0.5) is 5.69 Å². The summed E-state index contributed by atoms with van der Waals surface area (Å²) in [4.78, 5) is 21.0. The van der Waals surface area contributed by atoms with Crippen molar-refractivity contribution in [2.45, 2.75) is 0 Å². The summed E-state index contributed by atoms with van der Waals surface area (Å²) in [6.45, 7) is 0. The van der Waals surface area contributed by atoms with Crippen LogP contribution in [0.3, 0.4) is 0 Å². The Balaban J connectivity index is 1.54. The largest absolute Gasteiger partial charge is 0.319 e. The second-order valence-corrected chi connectivity index (χ2v) is 6.00. The van der Waals surface area contributed by atoms with Crippen molar-refractivity contribution in [1.82, 2.24) is 20.2 Å². The van der Waals surface area contributed by atoms with E-state index in [4.69, 9.17) is 0 Å². The zero-order valence-electron chi connectivity index (χ0n) is 13.0. The van der Waals surface area contributed by atoms with E-state index in [9.17, 15) is 4.79 Å².